The Bertz CT molecular complexity index is 594. The number of halogens is 1. The van der Waals surface area contributed by atoms with Gasteiger partial charge in [-0.3, -0.25) is 0 Å². The Kier molecular flexibility index (Phi) is 2.47. The average molecular weight is 247 g/mol. The predicted molar refractivity (Wildman–Crippen MR) is 67.4 cm³/mol. The van der Waals surface area contributed by atoms with Crippen LogP contribution in [0.4, 0.5) is 10.2 Å². The van der Waals surface area contributed by atoms with E-state index in [9.17, 15) is 4.39 Å². The highest BCUT2D eigenvalue weighted by atomic mass is 19.1. The molecule has 0 amide bonds. The summed E-state index contributed by atoms with van der Waals surface area (Å²) in [7, 11) is 3.52. The summed E-state index contributed by atoms with van der Waals surface area (Å²) in [5.41, 5.74) is 1.39. The molecule has 1 aliphatic rings. The van der Waals surface area contributed by atoms with Crippen LogP contribution in [0.2, 0.25) is 0 Å². The Morgan fingerprint density at radius 1 is 1.28 bits per heavy atom. The van der Waals surface area contributed by atoms with Crippen molar-refractivity contribution in [1.29, 1.82) is 0 Å². The van der Waals surface area contributed by atoms with Crippen molar-refractivity contribution in [3.8, 4) is 16.9 Å². The number of likely N-dealkylation sites (N-methyl/N-ethyl adjacent to an activating group) is 1. The van der Waals surface area contributed by atoms with Crippen LogP contribution in [0.25, 0.3) is 11.1 Å². The van der Waals surface area contributed by atoms with E-state index < -0.39 is 0 Å². The highest BCUT2D eigenvalue weighted by Crippen LogP contribution is 2.35. The van der Waals surface area contributed by atoms with Gasteiger partial charge in [-0.15, -0.1) is 0 Å². The SMILES string of the molecule is COc1ccc(-c2cnn3c2N(C)CC3)c(F)c1. The summed E-state index contributed by atoms with van der Waals surface area (Å²) in [6.07, 6.45) is 1.72. The molecule has 2 aromatic rings. The normalized spacial score (nSPS) is 13.8. The number of rotatable bonds is 2. The maximum Gasteiger partial charge on any atom is 0.134 e. The van der Waals surface area contributed by atoms with E-state index in [1.54, 1.807) is 18.3 Å². The molecule has 0 saturated carbocycles. The van der Waals surface area contributed by atoms with Gasteiger partial charge in [0.1, 0.15) is 17.4 Å². The summed E-state index contributed by atoms with van der Waals surface area (Å²) in [6.45, 7) is 1.76. The zero-order chi connectivity index (χ0) is 12.7. The van der Waals surface area contributed by atoms with Gasteiger partial charge in [-0.05, 0) is 12.1 Å². The fraction of sp³-hybridized carbons (Fsp3) is 0.308. The molecule has 2 heterocycles. The van der Waals surface area contributed by atoms with Crippen LogP contribution < -0.4 is 9.64 Å². The molecule has 0 aliphatic carbocycles. The number of hydrogen-bond donors (Lipinski definition) is 0. The third kappa shape index (κ3) is 1.54. The summed E-state index contributed by atoms with van der Waals surface area (Å²) in [5, 5.41) is 4.28. The molecule has 3 rings (SSSR count). The summed E-state index contributed by atoms with van der Waals surface area (Å²) in [5.74, 6) is 1.21. The lowest BCUT2D eigenvalue weighted by Crippen LogP contribution is -2.13. The quantitative estimate of drug-likeness (QED) is 0.814. The summed E-state index contributed by atoms with van der Waals surface area (Å²) in [4.78, 5) is 2.09. The summed E-state index contributed by atoms with van der Waals surface area (Å²) in [6, 6.07) is 4.89. The van der Waals surface area contributed by atoms with Gasteiger partial charge in [0.2, 0.25) is 0 Å². The molecule has 0 N–H and O–H groups in total. The van der Waals surface area contributed by atoms with E-state index in [1.165, 1.54) is 13.2 Å². The van der Waals surface area contributed by atoms with Gasteiger partial charge in [-0.2, -0.15) is 5.10 Å². The Morgan fingerprint density at radius 2 is 2.11 bits per heavy atom. The van der Waals surface area contributed by atoms with E-state index in [0.29, 0.717) is 11.3 Å². The lowest BCUT2D eigenvalue weighted by Gasteiger charge is -2.12. The number of fused-ring (bicyclic) bond motifs is 1. The Hall–Kier alpha value is -2.04. The van der Waals surface area contributed by atoms with Gasteiger partial charge >= 0.3 is 0 Å². The molecule has 0 atom stereocenters. The monoisotopic (exact) mass is 247 g/mol. The summed E-state index contributed by atoms with van der Waals surface area (Å²) < 4.78 is 21.0. The molecule has 1 aliphatic heterocycles. The average Bonchev–Trinajstić information content (AvgIpc) is 2.93. The number of hydrogen-bond acceptors (Lipinski definition) is 3. The predicted octanol–water partition coefficient (Wildman–Crippen LogP) is 2.15. The minimum Gasteiger partial charge on any atom is -0.497 e. The highest BCUT2D eigenvalue weighted by Gasteiger charge is 2.23. The van der Waals surface area contributed by atoms with Crippen LogP contribution in [0.15, 0.2) is 24.4 Å². The molecule has 1 aromatic carbocycles. The first-order valence-electron chi connectivity index (χ1n) is 5.81. The zero-order valence-corrected chi connectivity index (χ0v) is 10.4. The van der Waals surface area contributed by atoms with Crippen molar-refractivity contribution in [2.24, 2.45) is 0 Å². The van der Waals surface area contributed by atoms with Crippen molar-refractivity contribution in [1.82, 2.24) is 9.78 Å². The molecule has 18 heavy (non-hydrogen) atoms. The number of anilines is 1. The number of benzene rings is 1. The van der Waals surface area contributed by atoms with Gasteiger partial charge in [0, 0.05) is 30.8 Å². The largest absolute Gasteiger partial charge is 0.497 e. The number of aromatic nitrogens is 2. The van der Waals surface area contributed by atoms with Crippen LogP contribution in [0, 0.1) is 5.82 Å². The van der Waals surface area contributed by atoms with Crippen LogP contribution in [0.5, 0.6) is 5.75 Å². The standard InChI is InChI=1S/C13H14FN3O/c1-16-5-6-17-13(16)11(8-15-17)10-4-3-9(18-2)7-12(10)14/h3-4,7-8H,5-6H2,1-2H3. The molecule has 0 radical (unpaired) electrons. The van der Waals surface area contributed by atoms with Crippen LogP contribution >= 0.6 is 0 Å². The second-order valence-corrected chi connectivity index (χ2v) is 4.37. The van der Waals surface area contributed by atoms with Crippen molar-refractivity contribution in [3.05, 3.63) is 30.2 Å². The number of ether oxygens (including phenoxy) is 1. The van der Waals surface area contributed by atoms with E-state index in [1.807, 2.05) is 11.7 Å². The van der Waals surface area contributed by atoms with Gasteiger partial charge in [0.25, 0.3) is 0 Å². The van der Waals surface area contributed by atoms with Crippen molar-refractivity contribution in [3.63, 3.8) is 0 Å². The molecule has 0 bridgehead atoms. The van der Waals surface area contributed by atoms with Crippen LogP contribution in [-0.4, -0.2) is 30.5 Å². The van der Waals surface area contributed by atoms with Gasteiger partial charge in [-0.25, -0.2) is 9.07 Å². The fourth-order valence-corrected chi connectivity index (χ4v) is 2.33. The van der Waals surface area contributed by atoms with Crippen LogP contribution in [0.3, 0.4) is 0 Å². The molecule has 0 unspecified atom stereocenters. The van der Waals surface area contributed by atoms with Crippen molar-refractivity contribution in [2.45, 2.75) is 6.54 Å². The molecule has 5 heteroatoms. The lowest BCUT2D eigenvalue weighted by molar-refractivity contribution is 0.411. The second kappa shape index (κ2) is 4.01. The third-order valence-electron chi connectivity index (χ3n) is 3.29. The molecule has 0 saturated heterocycles. The fourth-order valence-electron chi connectivity index (χ4n) is 2.33. The maximum atomic E-state index is 14.1. The molecular weight excluding hydrogens is 233 g/mol. The highest BCUT2D eigenvalue weighted by molar-refractivity contribution is 5.77. The van der Waals surface area contributed by atoms with Crippen LogP contribution in [-0.2, 0) is 6.54 Å². The first kappa shape index (κ1) is 11.1. The summed E-state index contributed by atoms with van der Waals surface area (Å²) >= 11 is 0. The smallest absolute Gasteiger partial charge is 0.134 e. The van der Waals surface area contributed by atoms with Crippen molar-refractivity contribution in [2.75, 3.05) is 25.6 Å². The minimum atomic E-state index is -0.287. The Morgan fingerprint density at radius 3 is 2.83 bits per heavy atom. The maximum absolute atomic E-state index is 14.1. The van der Waals surface area contributed by atoms with Crippen molar-refractivity contribution >= 4 is 5.82 Å². The van der Waals surface area contributed by atoms with Gasteiger partial charge < -0.3 is 9.64 Å². The van der Waals surface area contributed by atoms with Crippen molar-refractivity contribution < 1.29 is 9.13 Å². The van der Waals surface area contributed by atoms with Gasteiger partial charge in [0.15, 0.2) is 0 Å². The van der Waals surface area contributed by atoms with Crippen LogP contribution in [0.1, 0.15) is 0 Å². The molecule has 4 nitrogen and oxygen atoms in total. The Balaban J connectivity index is 2.11. The second-order valence-electron chi connectivity index (χ2n) is 4.37. The van der Waals surface area contributed by atoms with E-state index in [2.05, 4.69) is 10.00 Å². The van der Waals surface area contributed by atoms with E-state index in [4.69, 9.17) is 4.74 Å². The number of methoxy groups -OCH3 is 1. The Labute approximate surface area is 105 Å². The first-order chi connectivity index (χ1) is 8.70. The molecule has 94 valence electrons. The lowest BCUT2D eigenvalue weighted by atomic mass is 10.1. The van der Waals surface area contributed by atoms with Gasteiger partial charge in [0.05, 0.1) is 19.9 Å². The number of nitrogens with zero attached hydrogens (tertiary/aromatic N) is 3. The molecule has 0 fully saturated rings. The van der Waals surface area contributed by atoms with E-state index in [-0.39, 0.29) is 5.82 Å². The minimum absolute atomic E-state index is 0.287. The van der Waals surface area contributed by atoms with Gasteiger partial charge in [-0.1, -0.05) is 0 Å². The first-order valence-corrected chi connectivity index (χ1v) is 5.81. The van der Waals surface area contributed by atoms with E-state index in [0.717, 1.165) is 24.5 Å². The molecule has 0 spiro atoms. The third-order valence-corrected chi connectivity index (χ3v) is 3.29. The van der Waals surface area contributed by atoms with E-state index >= 15 is 0 Å². The topological polar surface area (TPSA) is 30.3 Å². The zero-order valence-electron chi connectivity index (χ0n) is 10.4. The molecular formula is C13H14FN3O. The molecule has 1 aromatic heterocycles.